The third-order valence-electron chi connectivity index (χ3n) is 5.21. The predicted octanol–water partition coefficient (Wildman–Crippen LogP) is 5.79. The van der Waals surface area contributed by atoms with Crippen molar-refractivity contribution < 1.29 is 14.3 Å². The van der Waals surface area contributed by atoms with Crippen LogP contribution in [0.4, 0.5) is 0 Å². The SMILES string of the molecule is CC[C@H](C)N(Cc1csc(COc2cc(C)cc(C)c2)n1)C(=O)c1ccc(OC)cc1. The lowest BCUT2D eigenvalue weighted by atomic mass is 10.1. The molecule has 164 valence electrons. The molecule has 0 aliphatic rings. The van der Waals surface area contributed by atoms with E-state index in [0.29, 0.717) is 18.7 Å². The van der Waals surface area contributed by atoms with E-state index in [-0.39, 0.29) is 11.9 Å². The molecule has 0 unspecified atom stereocenters. The molecule has 0 saturated carbocycles. The molecule has 0 aliphatic carbocycles. The Morgan fingerprint density at radius 1 is 1.10 bits per heavy atom. The number of hydrogen-bond donors (Lipinski definition) is 0. The molecule has 0 N–H and O–H groups in total. The van der Waals surface area contributed by atoms with Gasteiger partial charge in [-0.05, 0) is 74.7 Å². The third kappa shape index (κ3) is 6.07. The number of thiazole rings is 1. The van der Waals surface area contributed by atoms with E-state index in [1.54, 1.807) is 30.6 Å². The van der Waals surface area contributed by atoms with Gasteiger partial charge in [0.15, 0.2) is 0 Å². The topological polar surface area (TPSA) is 51.7 Å². The van der Waals surface area contributed by atoms with Gasteiger partial charge in [-0.15, -0.1) is 11.3 Å². The monoisotopic (exact) mass is 438 g/mol. The second-order valence-electron chi connectivity index (χ2n) is 7.76. The molecule has 0 fully saturated rings. The summed E-state index contributed by atoms with van der Waals surface area (Å²) >= 11 is 1.56. The Hall–Kier alpha value is -2.86. The molecule has 1 heterocycles. The normalized spacial score (nSPS) is 11.8. The maximum atomic E-state index is 13.2. The van der Waals surface area contributed by atoms with Gasteiger partial charge in [-0.2, -0.15) is 0 Å². The maximum Gasteiger partial charge on any atom is 0.254 e. The zero-order chi connectivity index (χ0) is 22.4. The van der Waals surface area contributed by atoms with Gasteiger partial charge in [-0.25, -0.2) is 4.98 Å². The Kier molecular flexibility index (Phi) is 7.69. The average Bonchev–Trinajstić information content (AvgIpc) is 3.22. The molecule has 2 aromatic carbocycles. The Bertz CT molecular complexity index is 994. The summed E-state index contributed by atoms with van der Waals surface area (Å²) in [5.74, 6) is 1.59. The summed E-state index contributed by atoms with van der Waals surface area (Å²) in [6.45, 7) is 9.17. The van der Waals surface area contributed by atoms with E-state index in [4.69, 9.17) is 14.5 Å². The van der Waals surface area contributed by atoms with Gasteiger partial charge in [0, 0.05) is 17.0 Å². The molecule has 5 nitrogen and oxygen atoms in total. The first-order valence-corrected chi connectivity index (χ1v) is 11.4. The fraction of sp³-hybridized carbons (Fsp3) is 0.360. The van der Waals surface area contributed by atoms with Crippen LogP contribution in [0.5, 0.6) is 11.5 Å². The Morgan fingerprint density at radius 3 is 2.39 bits per heavy atom. The van der Waals surface area contributed by atoms with Crippen molar-refractivity contribution in [3.8, 4) is 11.5 Å². The zero-order valence-electron chi connectivity index (χ0n) is 18.8. The van der Waals surface area contributed by atoms with Crippen molar-refractivity contribution in [2.24, 2.45) is 0 Å². The highest BCUT2D eigenvalue weighted by atomic mass is 32.1. The molecule has 6 heteroatoms. The number of aryl methyl sites for hydroxylation is 2. The van der Waals surface area contributed by atoms with Crippen LogP contribution in [0.1, 0.15) is 52.5 Å². The van der Waals surface area contributed by atoms with Gasteiger partial charge in [0.25, 0.3) is 5.91 Å². The van der Waals surface area contributed by atoms with Crippen molar-refractivity contribution in [1.82, 2.24) is 9.88 Å². The van der Waals surface area contributed by atoms with E-state index in [1.165, 1.54) is 11.1 Å². The summed E-state index contributed by atoms with van der Waals surface area (Å²) in [6.07, 6.45) is 0.870. The first-order chi connectivity index (χ1) is 14.9. The highest BCUT2D eigenvalue weighted by Gasteiger charge is 2.22. The quantitative estimate of drug-likeness (QED) is 0.424. The van der Waals surface area contributed by atoms with Gasteiger partial charge < -0.3 is 14.4 Å². The number of aromatic nitrogens is 1. The van der Waals surface area contributed by atoms with Crippen molar-refractivity contribution in [3.05, 3.63) is 75.2 Å². The highest BCUT2D eigenvalue weighted by Crippen LogP contribution is 2.21. The molecule has 1 amide bonds. The van der Waals surface area contributed by atoms with E-state index >= 15 is 0 Å². The summed E-state index contributed by atoms with van der Waals surface area (Å²) < 4.78 is 11.1. The van der Waals surface area contributed by atoms with Gasteiger partial charge in [0.1, 0.15) is 23.1 Å². The molecule has 1 atom stereocenters. The Morgan fingerprint density at radius 2 is 1.77 bits per heavy atom. The summed E-state index contributed by atoms with van der Waals surface area (Å²) in [7, 11) is 1.62. The summed E-state index contributed by atoms with van der Waals surface area (Å²) in [5.41, 5.74) is 3.88. The number of hydrogen-bond acceptors (Lipinski definition) is 5. The minimum atomic E-state index is -0.00182. The lowest BCUT2D eigenvalue weighted by molar-refractivity contribution is 0.0669. The van der Waals surface area contributed by atoms with E-state index in [0.717, 1.165) is 28.6 Å². The number of amides is 1. The minimum absolute atomic E-state index is 0.00182. The minimum Gasteiger partial charge on any atom is -0.497 e. The third-order valence-corrected chi connectivity index (χ3v) is 6.08. The van der Waals surface area contributed by atoms with Crippen molar-refractivity contribution in [2.75, 3.05) is 7.11 Å². The maximum absolute atomic E-state index is 13.2. The first-order valence-electron chi connectivity index (χ1n) is 10.5. The Balaban J connectivity index is 1.69. The lowest BCUT2D eigenvalue weighted by Crippen LogP contribution is -2.37. The number of nitrogens with zero attached hydrogens (tertiary/aromatic N) is 2. The van der Waals surface area contributed by atoms with Gasteiger partial charge in [-0.1, -0.05) is 13.0 Å². The molecular weight excluding hydrogens is 408 g/mol. The van der Waals surface area contributed by atoms with Crippen molar-refractivity contribution in [1.29, 1.82) is 0 Å². The number of methoxy groups -OCH3 is 1. The van der Waals surface area contributed by atoms with Crippen LogP contribution in [-0.2, 0) is 13.2 Å². The molecule has 0 saturated heterocycles. The molecule has 1 aromatic heterocycles. The number of ether oxygens (including phenoxy) is 2. The van der Waals surface area contributed by atoms with Gasteiger partial charge in [-0.3, -0.25) is 4.79 Å². The van der Waals surface area contributed by atoms with E-state index < -0.39 is 0 Å². The molecule has 0 spiro atoms. The van der Waals surface area contributed by atoms with Crippen molar-refractivity contribution in [3.63, 3.8) is 0 Å². The fourth-order valence-corrected chi connectivity index (χ4v) is 4.07. The summed E-state index contributed by atoms with van der Waals surface area (Å²) in [5, 5.41) is 2.91. The standard InChI is InChI=1S/C25H30N2O3S/c1-6-19(4)27(25(28)20-7-9-22(29-5)10-8-20)14-21-16-31-24(26-21)15-30-23-12-17(2)11-18(3)13-23/h7-13,16,19H,6,14-15H2,1-5H3/t19-/m0/s1. The summed E-state index contributed by atoms with van der Waals surface area (Å²) in [6, 6.07) is 13.5. The molecule has 0 bridgehead atoms. The highest BCUT2D eigenvalue weighted by molar-refractivity contribution is 7.09. The molecular formula is C25H30N2O3S. The molecule has 31 heavy (non-hydrogen) atoms. The number of carbonyl (C=O) groups excluding carboxylic acids is 1. The molecule has 3 rings (SSSR count). The van der Waals surface area contributed by atoms with Crippen LogP contribution in [0.15, 0.2) is 47.8 Å². The average molecular weight is 439 g/mol. The second-order valence-corrected chi connectivity index (χ2v) is 8.71. The number of benzene rings is 2. The zero-order valence-corrected chi connectivity index (χ0v) is 19.7. The number of carbonyl (C=O) groups is 1. The van der Waals surface area contributed by atoms with Crippen LogP contribution >= 0.6 is 11.3 Å². The van der Waals surface area contributed by atoms with E-state index in [2.05, 4.69) is 33.8 Å². The molecule has 0 radical (unpaired) electrons. The van der Waals surface area contributed by atoms with Crippen LogP contribution < -0.4 is 9.47 Å². The summed E-state index contributed by atoms with van der Waals surface area (Å²) in [4.78, 5) is 19.8. The van der Waals surface area contributed by atoms with Gasteiger partial charge >= 0.3 is 0 Å². The van der Waals surface area contributed by atoms with Crippen LogP contribution in [0.3, 0.4) is 0 Å². The van der Waals surface area contributed by atoms with Crippen LogP contribution in [0.25, 0.3) is 0 Å². The largest absolute Gasteiger partial charge is 0.497 e. The van der Waals surface area contributed by atoms with Gasteiger partial charge in [0.05, 0.1) is 19.3 Å². The van der Waals surface area contributed by atoms with Crippen LogP contribution in [-0.4, -0.2) is 28.9 Å². The van der Waals surface area contributed by atoms with Crippen molar-refractivity contribution in [2.45, 2.75) is 53.3 Å². The Labute approximate surface area is 188 Å². The number of rotatable bonds is 9. The first kappa shape index (κ1) is 22.8. The molecule has 3 aromatic rings. The fourth-order valence-electron chi connectivity index (χ4n) is 3.37. The van der Waals surface area contributed by atoms with Crippen LogP contribution in [0, 0.1) is 13.8 Å². The molecule has 0 aliphatic heterocycles. The van der Waals surface area contributed by atoms with Crippen LogP contribution in [0.2, 0.25) is 0 Å². The smallest absolute Gasteiger partial charge is 0.254 e. The van der Waals surface area contributed by atoms with E-state index in [9.17, 15) is 4.79 Å². The second kappa shape index (κ2) is 10.4. The van der Waals surface area contributed by atoms with Crippen molar-refractivity contribution >= 4 is 17.2 Å². The lowest BCUT2D eigenvalue weighted by Gasteiger charge is -2.28. The predicted molar refractivity (Wildman–Crippen MR) is 125 cm³/mol. The van der Waals surface area contributed by atoms with E-state index in [1.807, 2.05) is 34.5 Å². The van der Waals surface area contributed by atoms with Gasteiger partial charge in [0.2, 0.25) is 0 Å².